The Labute approximate surface area is 215 Å². The third kappa shape index (κ3) is 6.18. The molecule has 0 bridgehead atoms. The Hall–Kier alpha value is -2.84. The molecule has 3 aromatic carbocycles. The highest BCUT2D eigenvalue weighted by Gasteiger charge is 2.11. The van der Waals surface area contributed by atoms with Gasteiger partial charge >= 0.3 is 0 Å². The molecule has 0 aliphatic rings. The highest BCUT2D eigenvalue weighted by atomic mass is 35.5. The number of benzene rings is 3. The molecule has 0 radical (unpaired) electrons. The number of aryl methyl sites for hydroxylation is 1. The molecule has 0 saturated heterocycles. The van der Waals surface area contributed by atoms with E-state index in [1.165, 1.54) is 23.1 Å². The number of hydrogen-bond donors (Lipinski definition) is 2. The molecule has 0 atom stereocenters. The molecule has 5 nitrogen and oxygen atoms in total. The van der Waals surface area contributed by atoms with Crippen molar-refractivity contribution in [1.29, 1.82) is 0 Å². The van der Waals surface area contributed by atoms with Crippen molar-refractivity contribution in [2.24, 2.45) is 0 Å². The lowest BCUT2D eigenvalue weighted by atomic mass is 10.1. The summed E-state index contributed by atoms with van der Waals surface area (Å²) in [6, 6.07) is 20.1. The molecule has 0 aliphatic carbocycles. The summed E-state index contributed by atoms with van der Waals surface area (Å²) in [7, 11) is 0. The van der Waals surface area contributed by atoms with Crippen molar-refractivity contribution in [1.82, 2.24) is 4.98 Å². The number of aromatic nitrogens is 1. The second kappa shape index (κ2) is 11.1. The van der Waals surface area contributed by atoms with Crippen LogP contribution in [0, 0.1) is 6.92 Å². The van der Waals surface area contributed by atoms with Gasteiger partial charge in [-0.3, -0.25) is 9.59 Å². The minimum absolute atomic E-state index is 0.151. The van der Waals surface area contributed by atoms with Crippen LogP contribution in [0.2, 0.25) is 10.0 Å². The Morgan fingerprint density at radius 3 is 2.47 bits per heavy atom. The van der Waals surface area contributed by atoms with Gasteiger partial charge in [0.1, 0.15) is 0 Å². The number of hydrogen-bond acceptors (Lipinski definition) is 5. The molecule has 9 heteroatoms. The van der Waals surface area contributed by atoms with Gasteiger partial charge in [0.25, 0.3) is 5.91 Å². The van der Waals surface area contributed by atoms with Gasteiger partial charge in [-0.15, -0.1) is 23.1 Å². The number of thioether (sulfide) groups is 1. The maximum absolute atomic E-state index is 12.4. The van der Waals surface area contributed by atoms with Crippen LogP contribution in [0.15, 0.2) is 77.0 Å². The van der Waals surface area contributed by atoms with Gasteiger partial charge in [-0.2, -0.15) is 0 Å². The number of anilines is 2. The third-order valence-electron chi connectivity index (χ3n) is 4.84. The molecule has 2 N–H and O–H groups in total. The fraction of sp³-hybridized carbons (Fsp3) is 0.0800. The minimum atomic E-state index is -0.156. The van der Waals surface area contributed by atoms with Gasteiger partial charge in [0.15, 0.2) is 5.13 Å². The average Bonchev–Trinajstić information content (AvgIpc) is 3.29. The summed E-state index contributed by atoms with van der Waals surface area (Å²) in [6.45, 7) is 1.90. The number of amides is 2. The summed E-state index contributed by atoms with van der Waals surface area (Å²) >= 11 is 14.8. The van der Waals surface area contributed by atoms with Crippen molar-refractivity contribution in [2.45, 2.75) is 11.8 Å². The van der Waals surface area contributed by atoms with E-state index >= 15 is 0 Å². The van der Waals surface area contributed by atoms with E-state index in [1.54, 1.807) is 18.2 Å². The van der Waals surface area contributed by atoms with Crippen molar-refractivity contribution < 1.29 is 9.59 Å². The van der Waals surface area contributed by atoms with Crippen molar-refractivity contribution in [3.05, 3.63) is 93.3 Å². The highest BCUT2D eigenvalue weighted by Crippen LogP contribution is 2.30. The summed E-state index contributed by atoms with van der Waals surface area (Å²) in [6.07, 6.45) is 0. The van der Waals surface area contributed by atoms with Crippen molar-refractivity contribution >= 4 is 68.9 Å². The van der Waals surface area contributed by atoms with Crippen LogP contribution in [0.4, 0.5) is 10.8 Å². The number of rotatable bonds is 7. The van der Waals surface area contributed by atoms with Crippen LogP contribution in [0.3, 0.4) is 0 Å². The number of nitrogens with one attached hydrogen (secondary N) is 2. The second-order valence-corrected chi connectivity index (χ2v) is 10.0. The molecule has 172 valence electrons. The first-order chi connectivity index (χ1) is 16.4. The zero-order valence-corrected chi connectivity index (χ0v) is 21.1. The number of halogens is 2. The van der Waals surface area contributed by atoms with Gasteiger partial charge in [-0.25, -0.2) is 4.98 Å². The summed E-state index contributed by atoms with van der Waals surface area (Å²) < 4.78 is 0. The fourth-order valence-electron chi connectivity index (χ4n) is 3.08. The van der Waals surface area contributed by atoms with Gasteiger partial charge in [0, 0.05) is 27.1 Å². The molecule has 0 fully saturated rings. The van der Waals surface area contributed by atoms with E-state index in [2.05, 4.69) is 15.6 Å². The molecule has 0 saturated carbocycles. The van der Waals surface area contributed by atoms with Crippen LogP contribution in [-0.2, 0) is 4.79 Å². The predicted octanol–water partition coefficient (Wildman–Crippen LogP) is 7.41. The Morgan fingerprint density at radius 1 is 0.971 bits per heavy atom. The van der Waals surface area contributed by atoms with E-state index < -0.39 is 0 Å². The lowest BCUT2D eigenvalue weighted by molar-refractivity contribution is -0.113. The number of thiazole rings is 1. The Kier molecular flexibility index (Phi) is 7.90. The molecule has 34 heavy (non-hydrogen) atoms. The summed E-state index contributed by atoms with van der Waals surface area (Å²) in [5.74, 6) is -0.0742. The summed E-state index contributed by atoms with van der Waals surface area (Å²) in [5.41, 5.74) is 3.80. The molecule has 0 aliphatic heterocycles. The van der Waals surface area contributed by atoms with Crippen LogP contribution >= 0.6 is 46.3 Å². The standard InChI is InChI=1S/C25H19Cl2N3O2S2/c1-15-4-2-3-5-19(15)24(32)28-17-7-9-18(10-8-17)33-14-23(31)30-25-29-22(13-34-25)16-6-11-20(26)21(27)12-16/h2-13H,14H2,1H3,(H,28,32)(H,29,30,31). The van der Waals surface area contributed by atoms with E-state index in [0.29, 0.717) is 26.4 Å². The average molecular weight is 528 g/mol. The maximum Gasteiger partial charge on any atom is 0.255 e. The fourth-order valence-corrected chi connectivity index (χ4v) is 4.82. The summed E-state index contributed by atoms with van der Waals surface area (Å²) in [4.78, 5) is 30.2. The van der Waals surface area contributed by atoms with Gasteiger partial charge in [0.2, 0.25) is 5.91 Å². The van der Waals surface area contributed by atoms with Crippen LogP contribution in [0.1, 0.15) is 15.9 Å². The van der Waals surface area contributed by atoms with Gasteiger partial charge < -0.3 is 10.6 Å². The molecule has 4 rings (SSSR count). The van der Waals surface area contributed by atoms with Gasteiger partial charge in [-0.05, 0) is 55.0 Å². The Morgan fingerprint density at radius 2 is 1.74 bits per heavy atom. The van der Waals surface area contributed by atoms with E-state index in [0.717, 1.165) is 21.7 Å². The molecular formula is C25H19Cl2N3O2S2. The van der Waals surface area contributed by atoms with E-state index in [1.807, 2.05) is 60.8 Å². The molecule has 1 heterocycles. The quantitative estimate of drug-likeness (QED) is 0.245. The van der Waals surface area contributed by atoms with Gasteiger partial charge in [-0.1, -0.05) is 47.5 Å². The number of carbonyl (C=O) groups excluding carboxylic acids is 2. The normalized spacial score (nSPS) is 10.7. The smallest absolute Gasteiger partial charge is 0.255 e. The van der Waals surface area contributed by atoms with E-state index in [9.17, 15) is 9.59 Å². The van der Waals surface area contributed by atoms with Crippen molar-refractivity contribution in [3.8, 4) is 11.3 Å². The number of nitrogens with zero attached hydrogens (tertiary/aromatic N) is 1. The first-order valence-electron chi connectivity index (χ1n) is 10.2. The van der Waals surface area contributed by atoms with Crippen LogP contribution < -0.4 is 10.6 Å². The van der Waals surface area contributed by atoms with Gasteiger partial charge in [0.05, 0.1) is 21.5 Å². The van der Waals surface area contributed by atoms with E-state index in [4.69, 9.17) is 23.2 Å². The molecule has 4 aromatic rings. The van der Waals surface area contributed by atoms with Crippen LogP contribution in [0.25, 0.3) is 11.3 Å². The SMILES string of the molecule is Cc1ccccc1C(=O)Nc1ccc(SCC(=O)Nc2nc(-c3ccc(Cl)c(Cl)c3)cs2)cc1. The molecular weight excluding hydrogens is 509 g/mol. The van der Waals surface area contributed by atoms with Crippen molar-refractivity contribution in [3.63, 3.8) is 0 Å². The van der Waals surface area contributed by atoms with Crippen LogP contribution in [-0.4, -0.2) is 22.6 Å². The van der Waals surface area contributed by atoms with E-state index in [-0.39, 0.29) is 17.6 Å². The first-order valence-corrected chi connectivity index (χ1v) is 12.8. The lowest BCUT2D eigenvalue weighted by Gasteiger charge is -2.08. The summed E-state index contributed by atoms with van der Waals surface area (Å²) in [5, 5.41) is 9.02. The third-order valence-corrected chi connectivity index (χ3v) is 7.35. The molecule has 0 unspecified atom stereocenters. The number of carbonyl (C=O) groups is 2. The predicted molar refractivity (Wildman–Crippen MR) is 142 cm³/mol. The molecule has 0 spiro atoms. The monoisotopic (exact) mass is 527 g/mol. The van der Waals surface area contributed by atoms with Crippen LogP contribution in [0.5, 0.6) is 0 Å². The maximum atomic E-state index is 12.4. The Balaban J connectivity index is 1.29. The largest absolute Gasteiger partial charge is 0.322 e. The highest BCUT2D eigenvalue weighted by molar-refractivity contribution is 8.00. The van der Waals surface area contributed by atoms with Crippen molar-refractivity contribution in [2.75, 3.05) is 16.4 Å². The first kappa shape index (κ1) is 24.3. The molecule has 1 aromatic heterocycles. The zero-order chi connectivity index (χ0) is 24.1. The minimum Gasteiger partial charge on any atom is -0.322 e. The second-order valence-electron chi connectivity index (χ2n) is 7.30. The lowest BCUT2D eigenvalue weighted by Crippen LogP contribution is -2.14. The zero-order valence-electron chi connectivity index (χ0n) is 18.0. The Bertz CT molecular complexity index is 1340. The topological polar surface area (TPSA) is 71.1 Å². The molecule has 2 amide bonds.